The van der Waals surface area contributed by atoms with Crippen LogP contribution in [-0.4, -0.2) is 39.6 Å². The van der Waals surface area contributed by atoms with Gasteiger partial charge in [-0.2, -0.15) is 0 Å². The third-order valence-corrected chi connectivity index (χ3v) is 8.37. The zero-order valence-corrected chi connectivity index (χ0v) is 21.0. The summed E-state index contributed by atoms with van der Waals surface area (Å²) >= 11 is 0. The molecule has 11 heteroatoms. The van der Waals surface area contributed by atoms with Gasteiger partial charge in [-0.15, -0.1) is 0 Å². The molecule has 10 nitrogen and oxygen atoms in total. The maximum absolute atomic E-state index is 14.2. The fourth-order valence-electron chi connectivity index (χ4n) is 4.66. The first kappa shape index (κ1) is 24.4. The highest BCUT2D eigenvalue weighted by Gasteiger charge is 2.56. The van der Waals surface area contributed by atoms with Crippen LogP contribution in [0.15, 0.2) is 65.6 Å². The molecule has 3 aromatic carbocycles. The Bertz CT molecular complexity index is 1480. The number of sulfonamides is 1. The lowest BCUT2D eigenvalue weighted by atomic mass is 10.2. The van der Waals surface area contributed by atoms with Crippen LogP contribution in [0.25, 0.3) is 0 Å². The van der Waals surface area contributed by atoms with E-state index in [4.69, 9.17) is 14.2 Å². The first-order valence-corrected chi connectivity index (χ1v) is 12.8. The van der Waals surface area contributed by atoms with Gasteiger partial charge >= 0.3 is 5.97 Å². The highest BCUT2D eigenvalue weighted by molar-refractivity contribution is 7.93. The zero-order valence-electron chi connectivity index (χ0n) is 20.2. The van der Waals surface area contributed by atoms with Crippen molar-refractivity contribution >= 4 is 39.0 Å². The van der Waals surface area contributed by atoms with Crippen LogP contribution in [-0.2, 0) is 19.6 Å². The van der Waals surface area contributed by atoms with E-state index in [0.717, 1.165) is 0 Å². The number of anilines is 3. The molecule has 1 aliphatic heterocycles. The molecular weight excluding hydrogens is 500 g/mol. The summed E-state index contributed by atoms with van der Waals surface area (Å²) < 4.78 is 46.3. The molecule has 2 aliphatic rings. The lowest BCUT2D eigenvalue weighted by Crippen LogP contribution is -2.29. The number of rotatable bonds is 7. The van der Waals surface area contributed by atoms with E-state index in [9.17, 15) is 23.1 Å². The van der Waals surface area contributed by atoms with Gasteiger partial charge in [-0.05, 0) is 36.2 Å². The van der Waals surface area contributed by atoms with Gasteiger partial charge in [-0.25, -0.2) is 12.7 Å². The number of amides is 1. The number of aliphatic carboxylic acids is 1. The zero-order chi connectivity index (χ0) is 26.5. The summed E-state index contributed by atoms with van der Waals surface area (Å²) in [7, 11) is -1.63. The molecule has 0 spiro atoms. The van der Waals surface area contributed by atoms with Crippen LogP contribution in [0, 0.1) is 17.8 Å². The number of carboxylic acid groups (broad SMARTS) is 1. The summed E-state index contributed by atoms with van der Waals surface area (Å²) in [6, 6.07) is 16.1. The number of carbonyl (C=O) groups excluding carboxylic acids is 1. The van der Waals surface area contributed by atoms with Gasteiger partial charge in [0.05, 0.1) is 31.7 Å². The Hall–Kier alpha value is -4.25. The lowest BCUT2D eigenvalue weighted by Gasteiger charge is -2.32. The van der Waals surface area contributed by atoms with Gasteiger partial charge in [0.25, 0.3) is 10.0 Å². The number of fused-ring (bicyclic) bond motifs is 2. The first-order chi connectivity index (χ1) is 17.7. The average molecular weight is 525 g/mol. The summed E-state index contributed by atoms with van der Waals surface area (Å²) in [4.78, 5) is 24.0. The molecule has 1 heterocycles. The molecule has 192 valence electrons. The number of hydrogen-bond donors (Lipinski definition) is 2. The second-order valence-electron chi connectivity index (χ2n) is 8.75. The molecule has 1 fully saturated rings. The van der Waals surface area contributed by atoms with Crippen molar-refractivity contribution in [1.29, 1.82) is 0 Å². The minimum absolute atomic E-state index is 0.000458. The fraction of sp³-hybridized carbons (Fsp3) is 0.231. The second-order valence-corrected chi connectivity index (χ2v) is 10.5. The molecule has 1 aliphatic carbocycles. The van der Waals surface area contributed by atoms with Crippen molar-refractivity contribution < 1.29 is 37.3 Å². The monoisotopic (exact) mass is 524 g/mol. The van der Waals surface area contributed by atoms with E-state index in [1.165, 1.54) is 30.7 Å². The number of nitrogens with zero attached hydrogens (tertiary/aromatic N) is 1. The van der Waals surface area contributed by atoms with Gasteiger partial charge in [0.15, 0.2) is 11.5 Å². The van der Waals surface area contributed by atoms with E-state index in [1.807, 2.05) is 0 Å². The summed E-state index contributed by atoms with van der Waals surface area (Å²) in [6.07, 6.45) is 0. The van der Waals surface area contributed by atoms with Gasteiger partial charge < -0.3 is 24.6 Å². The van der Waals surface area contributed by atoms with E-state index >= 15 is 0 Å². The van der Waals surface area contributed by atoms with E-state index in [0.29, 0.717) is 22.9 Å². The summed E-state index contributed by atoms with van der Waals surface area (Å²) in [5, 5.41) is 12.0. The van der Waals surface area contributed by atoms with Crippen molar-refractivity contribution in [3.63, 3.8) is 0 Å². The molecule has 5 rings (SSSR count). The van der Waals surface area contributed by atoms with Gasteiger partial charge in [0, 0.05) is 6.07 Å². The minimum Gasteiger partial charge on any atom is -0.495 e. The molecule has 0 radical (unpaired) electrons. The van der Waals surface area contributed by atoms with Crippen LogP contribution in [0.3, 0.4) is 0 Å². The van der Waals surface area contributed by atoms with Gasteiger partial charge in [0.2, 0.25) is 5.91 Å². The van der Waals surface area contributed by atoms with Gasteiger partial charge in [0.1, 0.15) is 27.8 Å². The number of benzene rings is 3. The standard InChI is InChI=1S/C26H24N2O8S/c1-14-23(24(14)26(30)31)25(29)27-15-12-22(21(35-3)13-20(15)34-2)37(32,33)28-16-8-4-6-10-18(16)36-19-11-7-5-9-17(19)28/h4-14,23-24H,1-3H3,(H,27,29)(H,30,31)/t14?,23-,24-/m1/s1. The van der Waals surface area contributed by atoms with Gasteiger partial charge in [-0.1, -0.05) is 31.2 Å². The Morgan fingerprint density at radius 1 is 0.919 bits per heavy atom. The Morgan fingerprint density at radius 3 is 2.00 bits per heavy atom. The molecule has 0 aromatic heterocycles. The maximum Gasteiger partial charge on any atom is 0.307 e. The minimum atomic E-state index is -4.33. The van der Waals surface area contributed by atoms with Crippen molar-refractivity contribution in [3.05, 3.63) is 60.7 Å². The van der Waals surface area contributed by atoms with Crippen molar-refractivity contribution in [2.24, 2.45) is 17.8 Å². The third-order valence-electron chi connectivity index (χ3n) is 6.62. The quantitative estimate of drug-likeness (QED) is 0.469. The van der Waals surface area contributed by atoms with E-state index in [-0.39, 0.29) is 28.0 Å². The predicted molar refractivity (Wildman–Crippen MR) is 134 cm³/mol. The smallest absolute Gasteiger partial charge is 0.307 e. The molecule has 3 atom stereocenters. The molecular formula is C26H24N2O8S. The Labute approximate surface area is 213 Å². The highest BCUT2D eigenvalue weighted by atomic mass is 32.2. The van der Waals surface area contributed by atoms with Crippen molar-refractivity contribution in [3.8, 4) is 23.0 Å². The van der Waals surface area contributed by atoms with Crippen LogP contribution in [0.1, 0.15) is 6.92 Å². The number of carboxylic acids is 1. The van der Waals surface area contributed by atoms with Crippen LogP contribution in [0.2, 0.25) is 0 Å². The Balaban J connectivity index is 1.62. The number of carbonyl (C=O) groups is 2. The molecule has 2 N–H and O–H groups in total. The van der Waals surface area contributed by atoms with E-state index in [1.54, 1.807) is 55.5 Å². The molecule has 1 amide bonds. The number of para-hydroxylation sites is 4. The summed E-state index contributed by atoms with van der Waals surface area (Å²) in [6.45, 7) is 1.68. The van der Waals surface area contributed by atoms with Crippen LogP contribution in [0.4, 0.5) is 17.1 Å². The molecule has 0 saturated heterocycles. The SMILES string of the molecule is COc1cc(OC)c(S(=O)(=O)N2c3ccccc3Oc3ccccc32)cc1NC(=O)[C@@H]1C(C)[C@H]1C(=O)O. The van der Waals surface area contributed by atoms with Crippen LogP contribution < -0.4 is 23.8 Å². The third kappa shape index (κ3) is 4.01. The van der Waals surface area contributed by atoms with Crippen LogP contribution in [0.5, 0.6) is 23.0 Å². The molecule has 1 unspecified atom stereocenters. The number of nitrogens with one attached hydrogen (secondary N) is 1. The Morgan fingerprint density at radius 2 is 1.49 bits per heavy atom. The largest absolute Gasteiger partial charge is 0.495 e. The van der Waals surface area contributed by atoms with Gasteiger partial charge in [-0.3, -0.25) is 9.59 Å². The molecule has 37 heavy (non-hydrogen) atoms. The van der Waals surface area contributed by atoms with Crippen molar-refractivity contribution in [2.75, 3.05) is 23.8 Å². The fourth-order valence-corrected chi connectivity index (χ4v) is 6.34. The van der Waals surface area contributed by atoms with E-state index < -0.39 is 33.7 Å². The predicted octanol–water partition coefficient (Wildman–Crippen LogP) is 4.24. The van der Waals surface area contributed by atoms with Crippen molar-refractivity contribution in [2.45, 2.75) is 11.8 Å². The summed E-state index contributed by atoms with van der Waals surface area (Å²) in [5.74, 6) is -2.59. The molecule has 0 bridgehead atoms. The van der Waals surface area contributed by atoms with E-state index in [2.05, 4.69) is 5.32 Å². The first-order valence-electron chi connectivity index (χ1n) is 11.4. The Kier molecular flexibility index (Phi) is 5.95. The molecule has 1 saturated carbocycles. The highest BCUT2D eigenvalue weighted by Crippen LogP contribution is 2.51. The second kappa shape index (κ2) is 9.00. The normalized spacial score (nSPS) is 19.6. The maximum atomic E-state index is 14.2. The number of methoxy groups -OCH3 is 2. The summed E-state index contributed by atoms with van der Waals surface area (Å²) in [5.41, 5.74) is 0.687. The lowest BCUT2D eigenvalue weighted by molar-refractivity contribution is -0.140. The topological polar surface area (TPSA) is 131 Å². The average Bonchev–Trinajstić information content (AvgIpc) is 3.58. The number of ether oxygens (including phenoxy) is 3. The molecule has 3 aromatic rings. The number of hydrogen-bond acceptors (Lipinski definition) is 7. The van der Waals surface area contributed by atoms with Crippen molar-refractivity contribution in [1.82, 2.24) is 0 Å². The van der Waals surface area contributed by atoms with Crippen LogP contribution >= 0.6 is 0 Å².